The molecule has 0 saturated heterocycles. The summed E-state index contributed by atoms with van der Waals surface area (Å²) < 4.78 is 2.40. The van der Waals surface area contributed by atoms with Crippen LogP contribution in [0.2, 0.25) is 0 Å². The molecule has 3 fully saturated rings. The van der Waals surface area contributed by atoms with Gasteiger partial charge in [-0.1, -0.05) is 18.2 Å². The van der Waals surface area contributed by atoms with Crippen LogP contribution in [0, 0.1) is 53.8 Å². The van der Waals surface area contributed by atoms with Gasteiger partial charge in [0.05, 0.1) is 11.3 Å². The molecule has 4 aliphatic rings. The monoisotopic (exact) mass is 426 g/mol. The molecule has 3 saturated carbocycles. The zero-order valence-corrected chi connectivity index (χ0v) is 18.6. The molecule has 0 radical (unpaired) electrons. The van der Waals surface area contributed by atoms with Crippen LogP contribution in [0.1, 0.15) is 61.5 Å². The Bertz CT molecular complexity index is 1120. The first-order valence-electron chi connectivity index (χ1n) is 12.2. The van der Waals surface area contributed by atoms with Gasteiger partial charge in [0, 0.05) is 30.3 Å². The van der Waals surface area contributed by atoms with Crippen LogP contribution in [-0.4, -0.2) is 15.5 Å². The van der Waals surface area contributed by atoms with Gasteiger partial charge in [-0.2, -0.15) is 5.26 Å². The van der Waals surface area contributed by atoms with E-state index in [2.05, 4.69) is 39.3 Å². The van der Waals surface area contributed by atoms with Gasteiger partial charge < -0.3 is 9.88 Å². The van der Waals surface area contributed by atoms with Crippen LogP contribution in [0.25, 0.3) is 6.08 Å². The molecule has 32 heavy (non-hydrogen) atoms. The summed E-state index contributed by atoms with van der Waals surface area (Å²) in [5.41, 5.74) is 2.16. The van der Waals surface area contributed by atoms with Crippen molar-refractivity contribution in [3.63, 3.8) is 0 Å². The molecule has 1 aromatic carbocycles. The van der Waals surface area contributed by atoms with E-state index in [1.165, 1.54) is 25.7 Å². The van der Waals surface area contributed by atoms with Crippen molar-refractivity contribution in [2.24, 2.45) is 35.5 Å². The zero-order valence-electron chi connectivity index (χ0n) is 18.6. The summed E-state index contributed by atoms with van der Waals surface area (Å²) in [6, 6.07) is 8.50. The molecule has 7 atom stereocenters. The molecule has 2 aromatic rings. The summed E-state index contributed by atoms with van der Waals surface area (Å²) in [7, 11) is 0. The van der Waals surface area contributed by atoms with Gasteiger partial charge in [0.25, 0.3) is 0 Å². The highest BCUT2D eigenvalue weighted by Crippen LogP contribution is 2.58. The number of nitrogens with one attached hydrogen (secondary N) is 1. The van der Waals surface area contributed by atoms with Gasteiger partial charge in [-0.25, -0.2) is 4.98 Å². The van der Waals surface area contributed by atoms with E-state index in [4.69, 9.17) is 0 Å². The number of aromatic nitrogens is 2. The van der Waals surface area contributed by atoms with E-state index in [-0.39, 0.29) is 11.8 Å². The fourth-order valence-corrected chi connectivity index (χ4v) is 7.71. The third kappa shape index (κ3) is 2.96. The van der Waals surface area contributed by atoms with Crippen molar-refractivity contribution in [1.29, 1.82) is 5.26 Å². The molecule has 0 spiro atoms. The normalized spacial score (nSPS) is 34.6. The smallest absolute Gasteiger partial charge is 0.227 e. The maximum Gasteiger partial charge on any atom is 0.227 e. The van der Waals surface area contributed by atoms with E-state index in [1.54, 1.807) is 0 Å². The lowest BCUT2D eigenvalue weighted by Crippen LogP contribution is -2.44. The Balaban J connectivity index is 1.19. The molecule has 1 unspecified atom stereocenters. The van der Waals surface area contributed by atoms with Crippen LogP contribution in [0.3, 0.4) is 0 Å². The van der Waals surface area contributed by atoms with E-state index >= 15 is 0 Å². The Labute approximate surface area is 189 Å². The summed E-state index contributed by atoms with van der Waals surface area (Å²) in [6.07, 6.45) is 15.7. The van der Waals surface area contributed by atoms with Crippen LogP contribution in [0.15, 0.2) is 36.7 Å². The Morgan fingerprint density at radius 3 is 2.75 bits per heavy atom. The van der Waals surface area contributed by atoms with E-state index < -0.39 is 0 Å². The number of amides is 1. The number of fused-ring (bicyclic) bond motifs is 7. The van der Waals surface area contributed by atoms with Gasteiger partial charge in [0.1, 0.15) is 11.9 Å². The van der Waals surface area contributed by atoms with Gasteiger partial charge in [-0.3, -0.25) is 4.79 Å². The number of carbonyl (C=O) groups is 1. The van der Waals surface area contributed by atoms with Crippen molar-refractivity contribution in [3.05, 3.63) is 53.6 Å². The first kappa shape index (κ1) is 19.8. The highest BCUT2D eigenvalue weighted by atomic mass is 16.1. The number of carbonyl (C=O) groups excluding carboxylic acids is 1. The fraction of sp³-hybridized carbons (Fsp3) is 0.519. The third-order valence-corrected chi connectivity index (χ3v) is 9.05. The first-order chi connectivity index (χ1) is 15.7. The second-order valence-corrected chi connectivity index (χ2v) is 10.3. The van der Waals surface area contributed by atoms with Crippen molar-refractivity contribution in [2.75, 3.05) is 5.32 Å². The van der Waals surface area contributed by atoms with E-state index in [9.17, 15) is 10.1 Å². The van der Waals surface area contributed by atoms with Crippen LogP contribution < -0.4 is 5.32 Å². The number of hydrogen-bond donors (Lipinski definition) is 1. The summed E-state index contributed by atoms with van der Waals surface area (Å²) >= 11 is 0. The van der Waals surface area contributed by atoms with Crippen LogP contribution in [0.4, 0.5) is 5.69 Å². The van der Waals surface area contributed by atoms with Crippen molar-refractivity contribution in [3.8, 4) is 6.07 Å². The van der Waals surface area contributed by atoms with Crippen molar-refractivity contribution < 1.29 is 4.79 Å². The summed E-state index contributed by atoms with van der Waals surface area (Å²) in [6.45, 7) is 1.92. The molecule has 3 aliphatic carbocycles. The lowest BCUT2D eigenvalue weighted by atomic mass is 9.56. The number of nitriles is 1. The lowest BCUT2D eigenvalue weighted by Gasteiger charge is -2.51. The zero-order chi connectivity index (χ0) is 21.8. The molecule has 2 heterocycles. The number of anilines is 1. The first-order valence-corrected chi connectivity index (χ1v) is 12.2. The molecule has 164 valence electrons. The van der Waals surface area contributed by atoms with E-state index in [0.29, 0.717) is 35.0 Å². The van der Waals surface area contributed by atoms with Crippen LogP contribution >= 0.6 is 0 Å². The number of nitrogens with zero attached hydrogens (tertiary/aromatic N) is 3. The minimum absolute atomic E-state index is 0.0767. The minimum atomic E-state index is 0.0767. The standard InChI is InChI=1S/C27H30N4O/c1-16-3-2-4-24(23(16)15-28)30-27(32)22-8-7-17-18-9-11-25-21(19(18)5-6-20(17)22)10-12-26-29-13-14-31(25)26/h2-4,10,12-14,17-22,25H,5-9,11H2,1H3,(H,30,32)/t17-,18-,19-,20-,21+,22+,25?/m0/s1. The van der Waals surface area contributed by atoms with Crippen LogP contribution in [-0.2, 0) is 4.79 Å². The average Bonchev–Trinajstić information content (AvgIpc) is 3.46. The van der Waals surface area contributed by atoms with Crippen molar-refractivity contribution >= 4 is 17.7 Å². The number of imidazole rings is 1. The average molecular weight is 427 g/mol. The summed E-state index contributed by atoms with van der Waals surface area (Å²) in [5, 5.41) is 12.6. The SMILES string of the molecule is Cc1cccc(NC(=O)[C@@H]2CC[C@H]3[C@@H]4CCC5[C@H](C=Cc6nccn65)[C@H]4CC[C@@H]32)c1C#N. The predicted molar refractivity (Wildman–Crippen MR) is 123 cm³/mol. The summed E-state index contributed by atoms with van der Waals surface area (Å²) in [5.74, 6) is 4.51. The topological polar surface area (TPSA) is 70.7 Å². The van der Waals surface area contributed by atoms with Gasteiger partial charge in [0.15, 0.2) is 0 Å². The summed E-state index contributed by atoms with van der Waals surface area (Å²) in [4.78, 5) is 17.8. The molecule has 5 nitrogen and oxygen atoms in total. The van der Waals surface area contributed by atoms with Gasteiger partial charge >= 0.3 is 0 Å². The highest BCUT2D eigenvalue weighted by molar-refractivity contribution is 5.94. The number of allylic oxidation sites excluding steroid dienone is 1. The number of benzene rings is 1. The molecule has 1 N–H and O–H groups in total. The second kappa shape index (κ2) is 7.62. The Kier molecular flexibility index (Phi) is 4.71. The van der Waals surface area contributed by atoms with E-state index in [1.807, 2.05) is 31.3 Å². The number of rotatable bonds is 2. The van der Waals surface area contributed by atoms with Crippen molar-refractivity contribution in [1.82, 2.24) is 9.55 Å². The number of hydrogen-bond acceptors (Lipinski definition) is 3. The second-order valence-electron chi connectivity index (χ2n) is 10.3. The quantitative estimate of drug-likeness (QED) is 0.704. The Morgan fingerprint density at radius 2 is 1.88 bits per heavy atom. The molecule has 6 rings (SSSR count). The predicted octanol–water partition coefficient (Wildman–Crippen LogP) is 5.35. The molecule has 5 heteroatoms. The van der Waals surface area contributed by atoms with Crippen molar-refractivity contribution in [2.45, 2.75) is 51.5 Å². The number of aryl methyl sites for hydroxylation is 1. The molecular weight excluding hydrogens is 396 g/mol. The molecular formula is C27H30N4O. The minimum Gasteiger partial charge on any atom is -0.328 e. The van der Waals surface area contributed by atoms with Gasteiger partial charge in [-0.05, 0) is 86.8 Å². The maximum atomic E-state index is 13.3. The van der Waals surface area contributed by atoms with Gasteiger partial charge in [-0.15, -0.1) is 0 Å². The van der Waals surface area contributed by atoms with Gasteiger partial charge in [0.2, 0.25) is 5.91 Å². The Morgan fingerprint density at radius 1 is 1.09 bits per heavy atom. The molecule has 0 bridgehead atoms. The maximum absolute atomic E-state index is 13.3. The Hall–Kier alpha value is -2.87. The van der Waals surface area contributed by atoms with E-state index in [0.717, 1.165) is 36.1 Å². The van der Waals surface area contributed by atoms with Crippen LogP contribution in [0.5, 0.6) is 0 Å². The lowest BCUT2D eigenvalue weighted by molar-refractivity contribution is -0.122. The largest absolute Gasteiger partial charge is 0.328 e. The third-order valence-electron chi connectivity index (χ3n) is 9.05. The molecule has 1 amide bonds. The molecule has 1 aromatic heterocycles. The molecule has 1 aliphatic heterocycles. The fourth-order valence-electron chi connectivity index (χ4n) is 7.71. The highest BCUT2D eigenvalue weighted by Gasteiger charge is 2.52.